The summed E-state index contributed by atoms with van der Waals surface area (Å²) < 4.78 is 10.6. The minimum absolute atomic E-state index is 0.239. The van der Waals surface area contributed by atoms with Crippen LogP contribution in [0.4, 0.5) is 0 Å². The van der Waals surface area contributed by atoms with E-state index in [0.29, 0.717) is 11.7 Å². The van der Waals surface area contributed by atoms with Crippen LogP contribution in [0, 0.1) is 0 Å². The molecule has 2 rings (SSSR count). The number of rotatable bonds is 4. The monoisotopic (exact) mass is 247 g/mol. The first-order valence-corrected chi connectivity index (χ1v) is 5.76. The zero-order valence-electron chi connectivity index (χ0n) is 10.8. The Hall–Kier alpha value is -1.72. The van der Waals surface area contributed by atoms with Crippen molar-refractivity contribution in [1.29, 1.82) is 0 Å². The molecule has 96 valence electrons. The van der Waals surface area contributed by atoms with Crippen molar-refractivity contribution in [3.05, 3.63) is 35.7 Å². The maximum Gasteiger partial charge on any atom is 0.240 e. The van der Waals surface area contributed by atoms with Gasteiger partial charge in [0.1, 0.15) is 0 Å². The van der Waals surface area contributed by atoms with Gasteiger partial charge in [0.2, 0.25) is 11.7 Å². The molecule has 2 N–H and O–H groups in total. The molecule has 5 nitrogen and oxygen atoms in total. The van der Waals surface area contributed by atoms with Crippen molar-refractivity contribution in [3.63, 3.8) is 0 Å². The Balaban J connectivity index is 2.51. The Morgan fingerprint density at radius 3 is 2.67 bits per heavy atom. The summed E-state index contributed by atoms with van der Waals surface area (Å²) >= 11 is 0. The largest absolute Gasteiger partial charge is 0.374 e. The first-order chi connectivity index (χ1) is 8.58. The second kappa shape index (κ2) is 4.88. The van der Waals surface area contributed by atoms with Crippen LogP contribution in [0.3, 0.4) is 0 Å². The van der Waals surface area contributed by atoms with Gasteiger partial charge in [-0.3, -0.25) is 0 Å². The molecule has 0 aliphatic heterocycles. The second-order valence-electron chi connectivity index (χ2n) is 4.48. The van der Waals surface area contributed by atoms with E-state index in [4.69, 9.17) is 15.0 Å². The van der Waals surface area contributed by atoms with Crippen LogP contribution in [-0.2, 0) is 16.9 Å². The summed E-state index contributed by atoms with van der Waals surface area (Å²) in [7, 11) is 1.68. The molecule has 0 aliphatic carbocycles. The van der Waals surface area contributed by atoms with Gasteiger partial charge in [0, 0.05) is 12.7 Å². The summed E-state index contributed by atoms with van der Waals surface area (Å²) in [6.45, 7) is 4.23. The number of hydrogen-bond acceptors (Lipinski definition) is 5. The summed E-state index contributed by atoms with van der Waals surface area (Å²) in [4.78, 5) is 4.25. The molecule has 2 aromatic rings. The third kappa shape index (κ3) is 2.27. The number of ether oxygens (including phenoxy) is 1. The molecule has 18 heavy (non-hydrogen) atoms. The Morgan fingerprint density at radius 1 is 1.33 bits per heavy atom. The van der Waals surface area contributed by atoms with Crippen molar-refractivity contribution in [1.82, 2.24) is 10.1 Å². The van der Waals surface area contributed by atoms with Crippen molar-refractivity contribution < 1.29 is 9.26 Å². The normalized spacial score (nSPS) is 11.8. The molecule has 0 amide bonds. The molecule has 1 aromatic heterocycles. The van der Waals surface area contributed by atoms with Gasteiger partial charge in [-0.2, -0.15) is 4.98 Å². The maximum atomic E-state index is 5.51. The smallest absolute Gasteiger partial charge is 0.240 e. The van der Waals surface area contributed by atoms with E-state index in [9.17, 15) is 0 Å². The number of benzene rings is 1. The van der Waals surface area contributed by atoms with Gasteiger partial charge in [-0.25, -0.2) is 0 Å². The molecule has 5 heteroatoms. The number of methoxy groups -OCH3 is 1. The van der Waals surface area contributed by atoms with E-state index >= 15 is 0 Å². The lowest BCUT2D eigenvalue weighted by Crippen LogP contribution is -2.20. The predicted molar refractivity (Wildman–Crippen MR) is 67.7 cm³/mol. The molecule has 0 fully saturated rings. The van der Waals surface area contributed by atoms with Crippen molar-refractivity contribution in [2.45, 2.75) is 26.0 Å². The van der Waals surface area contributed by atoms with E-state index in [1.165, 1.54) is 0 Å². The van der Waals surface area contributed by atoms with E-state index in [0.717, 1.165) is 11.1 Å². The Bertz CT molecular complexity index is 535. The third-order valence-corrected chi connectivity index (χ3v) is 2.97. The van der Waals surface area contributed by atoms with Gasteiger partial charge in [0.25, 0.3) is 0 Å². The fraction of sp³-hybridized carbons (Fsp3) is 0.385. The Morgan fingerprint density at radius 2 is 2.06 bits per heavy atom. The van der Waals surface area contributed by atoms with E-state index in [2.05, 4.69) is 10.1 Å². The molecule has 0 radical (unpaired) electrons. The summed E-state index contributed by atoms with van der Waals surface area (Å²) in [5.41, 5.74) is 6.96. The molecule has 1 heterocycles. The van der Waals surface area contributed by atoms with Crippen LogP contribution >= 0.6 is 0 Å². The number of hydrogen-bond donors (Lipinski definition) is 1. The predicted octanol–water partition coefficient (Wildman–Crippen LogP) is 2.08. The van der Waals surface area contributed by atoms with Crippen LogP contribution in [0.15, 0.2) is 28.8 Å². The number of nitrogens with two attached hydrogens (primary N) is 1. The van der Waals surface area contributed by atoms with Crippen LogP contribution in [0.1, 0.15) is 25.3 Å². The van der Waals surface area contributed by atoms with Crippen LogP contribution in [0.2, 0.25) is 0 Å². The minimum Gasteiger partial charge on any atom is -0.374 e. The van der Waals surface area contributed by atoms with Crippen molar-refractivity contribution in [3.8, 4) is 11.4 Å². The molecular formula is C13H17N3O2. The molecule has 1 aromatic carbocycles. The van der Waals surface area contributed by atoms with Crippen LogP contribution in [0.5, 0.6) is 0 Å². The first-order valence-electron chi connectivity index (χ1n) is 5.76. The average molecular weight is 247 g/mol. The lowest BCUT2D eigenvalue weighted by atomic mass is 9.92. The molecule has 0 bridgehead atoms. The van der Waals surface area contributed by atoms with Gasteiger partial charge in [-0.05, 0) is 19.4 Å². The quantitative estimate of drug-likeness (QED) is 0.895. The lowest BCUT2D eigenvalue weighted by molar-refractivity contribution is 0.0196. The highest BCUT2D eigenvalue weighted by atomic mass is 16.5. The van der Waals surface area contributed by atoms with Crippen molar-refractivity contribution >= 4 is 0 Å². The summed E-state index contributed by atoms with van der Waals surface area (Å²) in [6.07, 6.45) is 0. The van der Waals surface area contributed by atoms with Gasteiger partial charge in [0.15, 0.2) is 0 Å². The topological polar surface area (TPSA) is 74.2 Å². The molecule has 0 saturated carbocycles. The van der Waals surface area contributed by atoms with E-state index in [1.807, 2.05) is 38.1 Å². The third-order valence-electron chi connectivity index (χ3n) is 2.97. The van der Waals surface area contributed by atoms with Gasteiger partial charge < -0.3 is 15.0 Å². The van der Waals surface area contributed by atoms with E-state index < -0.39 is 5.60 Å². The zero-order valence-corrected chi connectivity index (χ0v) is 10.8. The molecule has 0 spiro atoms. The molecular weight excluding hydrogens is 230 g/mol. The van der Waals surface area contributed by atoms with Crippen LogP contribution in [0.25, 0.3) is 11.4 Å². The van der Waals surface area contributed by atoms with Gasteiger partial charge in [0.05, 0.1) is 12.1 Å². The second-order valence-corrected chi connectivity index (χ2v) is 4.48. The zero-order chi connectivity index (χ0) is 13.2. The molecule has 0 aliphatic rings. The number of nitrogens with zero attached hydrogens (tertiary/aromatic N) is 2. The lowest BCUT2D eigenvalue weighted by Gasteiger charge is -2.25. The fourth-order valence-electron chi connectivity index (χ4n) is 1.76. The number of aromatic nitrogens is 2. The summed E-state index contributed by atoms with van der Waals surface area (Å²) in [5.74, 6) is 0.964. The maximum absolute atomic E-state index is 5.51. The average Bonchev–Trinajstić information content (AvgIpc) is 2.87. The first kappa shape index (κ1) is 12.7. The van der Waals surface area contributed by atoms with E-state index in [1.54, 1.807) is 7.11 Å². The molecule has 0 unspecified atom stereocenters. The van der Waals surface area contributed by atoms with E-state index in [-0.39, 0.29) is 6.54 Å². The van der Waals surface area contributed by atoms with Crippen LogP contribution in [-0.4, -0.2) is 17.3 Å². The standard InChI is InChI=1S/C13H17N3O2/c1-13(2,17-3)10-7-5-4-6-9(10)12-15-11(8-14)18-16-12/h4-7H,8,14H2,1-3H3. The van der Waals surface area contributed by atoms with Gasteiger partial charge in [-0.1, -0.05) is 29.4 Å². The SMILES string of the molecule is COC(C)(C)c1ccccc1-c1noc(CN)n1. The minimum atomic E-state index is -0.417. The highest BCUT2D eigenvalue weighted by molar-refractivity contribution is 5.61. The Labute approximate surface area is 106 Å². The highest BCUT2D eigenvalue weighted by Crippen LogP contribution is 2.32. The van der Waals surface area contributed by atoms with Crippen molar-refractivity contribution in [2.75, 3.05) is 7.11 Å². The van der Waals surface area contributed by atoms with Crippen LogP contribution < -0.4 is 5.73 Å². The van der Waals surface area contributed by atoms with Gasteiger partial charge in [-0.15, -0.1) is 0 Å². The summed E-state index contributed by atoms with van der Waals surface area (Å²) in [5, 5.41) is 3.94. The van der Waals surface area contributed by atoms with Gasteiger partial charge >= 0.3 is 0 Å². The summed E-state index contributed by atoms with van der Waals surface area (Å²) in [6, 6.07) is 7.84. The Kier molecular flexibility index (Phi) is 3.45. The molecule has 0 saturated heterocycles. The molecule has 0 atom stereocenters. The fourth-order valence-corrected chi connectivity index (χ4v) is 1.76. The van der Waals surface area contributed by atoms with Crippen molar-refractivity contribution in [2.24, 2.45) is 5.73 Å². The highest BCUT2D eigenvalue weighted by Gasteiger charge is 2.24.